The molecule has 3 aliphatic rings. The lowest BCUT2D eigenvalue weighted by Crippen LogP contribution is -2.64. The van der Waals surface area contributed by atoms with Gasteiger partial charge < -0.3 is 79.9 Å². The summed E-state index contributed by atoms with van der Waals surface area (Å²) in [6.45, 7) is -3.49. The molecule has 0 spiro atoms. The fourth-order valence-corrected chi connectivity index (χ4v) is 4.12. The number of rotatable bonds is 8. The van der Waals surface area contributed by atoms with E-state index in [1.165, 1.54) is 0 Å². The highest BCUT2D eigenvalue weighted by atomic mass is 16.8. The van der Waals surface area contributed by atoms with Gasteiger partial charge in [0.25, 0.3) is 0 Å². The van der Waals surface area contributed by atoms with E-state index < -0.39 is 112 Å². The molecule has 3 heterocycles. The number of hydrogen-bond acceptors (Lipinski definition) is 16. The van der Waals surface area contributed by atoms with Gasteiger partial charge in [0, 0.05) is 0 Å². The summed E-state index contributed by atoms with van der Waals surface area (Å²) in [6.07, 6.45) is -22.3. The summed E-state index contributed by atoms with van der Waals surface area (Å²) in [7, 11) is 0. The van der Waals surface area contributed by atoms with Gasteiger partial charge in [0.15, 0.2) is 12.6 Å². The van der Waals surface area contributed by atoms with E-state index in [0.29, 0.717) is 0 Å². The Morgan fingerprint density at radius 1 is 0.559 bits per heavy atom. The van der Waals surface area contributed by atoms with Crippen LogP contribution in [0, 0.1) is 0 Å². The number of aliphatic hydroxyl groups excluding tert-OH is 11. The van der Waals surface area contributed by atoms with E-state index in [1.807, 2.05) is 0 Å². The summed E-state index contributed by atoms with van der Waals surface area (Å²) in [5.74, 6) is -2.43. The van der Waals surface area contributed by atoms with Crippen molar-refractivity contribution in [2.75, 3.05) is 26.4 Å². The van der Waals surface area contributed by atoms with Crippen molar-refractivity contribution in [1.29, 1.82) is 0 Å². The van der Waals surface area contributed by atoms with Crippen LogP contribution < -0.4 is 0 Å². The standard InChI is InChI=1S/C18H32O16/c19-1-5-8(23)11(26)13(28)16(30-5)32-15-10(25)7(3-21)33-18(15,4-22)34-17-14(29)12(27)9(24)6(2-20)31-17/h5-17,19-29H,1-4H2/t5-,6+,7+,8+,9+,10+,11-,12-,13+,14-,15+,16+,17-,18+/m0/s1. The zero-order valence-corrected chi connectivity index (χ0v) is 17.8. The fraction of sp³-hybridized carbons (Fsp3) is 1.00. The van der Waals surface area contributed by atoms with Crippen LogP contribution in [-0.4, -0.2) is 168 Å². The van der Waals surface area contributed by atoms with Crippen molar-refractivity contribution in [3.63, 3.8) is 0 Å². The first-order chi connectivity index (χ1) is 16.0. The highest BCUT2D eigenvalue weighted by Gasteiger charge is 2.61. The van der Waals surface area contributed by atoms with E-state index in [9.17, 15) is 56.2 Å². The Labute approximate surface area is 192 Å². The third kappa shape index (κ3) is 4.96. The zero-order valence-electron chi connectivity index (χ0n) is 17.8. The van der Waals surface area contributed by atoms with Crippen LogP contribution in [0.3, 0.4) is 0 Å². The molecule has 0 aromatic heterocycles. The molecule has 3 fully saturated rings. The molecule has 0 amide bonds. The van der Waals surface area contributed by atoms with Gasteiger partial charge in [-0.05, 0) is 0 Å². The molecule has 14 atom stereocenters. The Bertz CT molecular complexity index is 651. The second-order valence-corrected chi connectivity index (χ2v) is 8.37. The van der Waals surface area contributed by atoms with Crippen molar-refractivity contribution in [1.82, 2.24) is 0 Å². The van der Waals surface area contributed by atoms with E-state index in [1.54, 1.807) is 0 Å². The van der Waals surface area contributed by atoms with E-state index in [-0.39, 0.29) is 0 Å². The molecule has 3 rings (SSSR count). The number of ether oxygens (including phenoxy) is 5. The predicted octanol–water partition coefficient (Wildman–Crippen LogP) is -7.57. The molecule has 3 saturated heterocycles. The molecule has 0 unspecified atom stereocenters. The van der Waals surface area contributed by atoms with E-state index in [0.717, 1.165) is 0 Å². The quantitative estimate of drug-likeness (QED) is 0.146. The average molecular weight is 504 g/mol. The molecule has 0 radical (unpaired) electrons. The minimum Gasteiger partial charge on any atom is -0.394 e. The lowest BCUT2D eigenvalue weighted by molar-refractivity contribution is -0.400. The third-order valence-corrected chi connectivity index (χ3v) is 6.17. The van der Waals surface area contributed by atoms with Gasteiger partial charge in [-0.3, -0.25) is 0 Å². The van der Waals surface area contributed by atoms with Gasteiger partial charge in [0.1, 0.15) is 73.8 Å². The maximum atomic E-state index is 10.6. The normalized spacial score (nSPS) is 52.1. The Kier molecular flexibility index (Phi) is 9.18. The first-order valence-corrected chi connectivity index (χ1v) is 10.6. The molecule has 11 N–H and O–H groups in total. The maximum absolute atomic E-state index is 10.6. The fourth-order valence-electron chi connectivity index (χ4n) is 4.12. The van der Waals surface area contributed by atoms with E-state index >= 15 is 0 Å². The van der Waals surface area contributed by atoms with Crippen molar-refractivity contribution in [2.45, 2.75) is 85.5 Å². The molecule has 0 aliphatic carbocycles. The van der Waals surface area contributed by atoms with Gasteiger partial charge in [-0.25, -0.2) is 0 Å². The Morgan fingerprint density at radius 2 is 1.03 bits per heavy atom. The Morgan fingerprint density at radius 3 is 1.50 bits per heavy atom. The topological polar surface area (TPSA) is 269 Å². The first-order valence-electron chi connectivity index (χ1n) is 10.6. The Balaban J connectivity index is 1.87. The molecule has 3 aliphatic heterocycles. The van der Waals surface area contributed by atoms with Crippen molar-refractivity contribution in [3.05, 3.63) is 0 Å². The molecule has 0 bridgehead atoms. The highest BCUT2D eigenvalue weighted by molar-refractivity contribution is 5.01. The van der Waals surface area contributed by atoms with Crippen LogP contribution in [0.1, 0.15) is 0 Å². The monoisotopic (exact) mass is 504 g/mol. The number of aliphatic hydroxyl groups is 11. The van der Waals surface area contributed by atoms with Gasteiger partial charge in [0.2, 0.25) is 5.79 Å². The van der Waals surface area contributed by atoms with Crippen LogP contribution in [0.2, 0.25) is 0 Å². The molecule has 200 valence electrons. The van der Waals surface area contributed by atoms with Crippen molar-refractivity contribution < 1.29 is 79.9 Å². The smallest absolute Gasteiger partial charge is 0.224 e. The molecule has 0 aromatic carbocycles. The van der Waals surface area contributed by atoms with Gasteiger partial charge >= 0.3 is 0 Å². The molecule has 0 saturated carbocycles. The molecule has 16 nitrogen and oxygen atoms in total. The minimum absolute atomic E-state index is 0.777. The second-order valence-electron chi connectivity index (χ2n) is 8.37. The summed E-state index contributed by atoms with van der Waals surface area (Å²) >= 11 is 0. The summed E-state index contributed by atoms with van der Waals surface area (Å²) in [4.78, 5) is 0. The highest BCUT2D eigenvalue weighted by Crippen LogP contribution is 2.39. The molecule has 0 aromatic rings. The van der Waals surface area contributed by atoms with Gasteiger partial charge in [-0.15, -0.1) is 0 Å². The zero-order chi connectivity index (χ0) is 25.4. The minimum atomic E-state index is -2.43. The maximum Gasteiger partial charge on any atom is 0.224 e. The van der Waals surface area contributed by atoms with Crippen molar-refractivity contribution >= 4 is 0 Å². The van der Waals surface area contributed by atoms with Crippen LogP contribution >= 0.6 is 0 Å². The summed E-state index contributed by atoms with van der Waals surface area (Å²) in [5, 5.41) is 109. The lowest BCUT2D eigenvalue weighted by atomic mass is 9.98. The van der Waals surface area contributed by atoms with Gasteiger partial charge in [0.05, 0.1) is 19.8 Å². The van der Waals surface area contributed by atoms with Crippen LogP contribution in [0.25, 0.3) is 0 Å². The molecule has 34 heavy (non-hydrogen) atoms. The Hall–Kier alpha value is -0.640. The largest absolute Gasteiger partial charge is 0.394 e. The number of hydrogen-bond donors (Lipinski definition) is 11. The van der Waals surface area contributed by atoms with E-state index in [2.05, 4.69) is 0 Å². The van der Waals surface area contributed by atoms with Crippen LogP contribution in [0.15, 0.2) is 0 Å². The average Bonchev–Trinajstić information content (AvgIpc) is 3.10. The predicted molar refractivity (Wildman–Crippen MR) is 101 cm³/mol. The van der Waals surface area contributed by atoms with Crippen molar-refractivity contribution in [3.8, 4) is 0 Å². The summed E-state index contributed by atoms with van der Waals surface area (Å²) < 4.78 is 27.0. The van der Waals surface area contributed by atoms with Crippen LogP contribution in [-0.2, 0) is 23.7 Å². The molecule has 16 heteroatoms. The molecular formula is C18H32O16. The molecular weight excluding hydrogens is 472 g/mol. The summed E-state index contributed by atoms with van der Waals surface area (Å²) in [5.41, 5.74) is 0. The summed E-state index contributed by atoms with van der Waals surface area (Å²) in [6, 6.07) is 0. The van der Waals surface area contributed by atoms with Gasteiger partial charge in [-0.1, -0.05) is 0 Å². The van der Waals surface area contributed by atoms with Crippen molar-refractivity contribution in [2.24, 2.45) is 0 Å². The van der Waals surface area contributed by atoms with E-state index in [4.69, 9.17) is 23.7 Å². The van der Waals surface area contributed by atoms with Gasteiger partial charge in [-0.2, -0.15) is 0 Å². The SMILES string of the molecule is OC[C@@H]1O[C@H](O[C@@H]2[C@H](O)[C@@H](CO)O[C@]2(CO)O[C@@H]2O[C@H](CO)[C@@H](O)[C@H](O)[C@@H]2O)[C@H](O)[C@@H](O)[C@@H]1O. The lowest BCUT2D eigenvalue weighted by Gasteiger charge is -2.45. The van der Waals surface area contributed by atoms with Crippen LogP contribution in [0.5, 0.6) is 0 Å². The third-order valence-electron chi connectivity index (χ3n) is 6.17. The van der Waals surface area contributed by atoms with Crippen LogP contribution in [0.4, 0.5) is 0 Å². The second kappa shape index (κ2) is 11.2. The first kappa shape index (κ1) is 27.9.